The fraction of sp³-hybridized carbons (Fsp3) is 0.409. The average Bonchev–Trinajstić information content (AvgIpc) is 3.47. The molecule has 0 spiro atoms. The predicted octanol–water partition coefficient (Wildman–Crippen LogP) is 4.42. The number of hydrogen-bond acceptors (Lipinski definition) is 6. The van der Waals surface area contributed by atoms with Gasteiger partial charge in [0.05, 0.1) is 24.8 Å². The van der Waals surface area contributed by atoms with Gasteiger partial charge in [0.15, 0.2) is 10.9 Å². The maximum absolute atomic E-state index is 13.0. The van der Waals surface area contributed by atoms with E-state index in [1.54, 1.807) is 13.4 Å². The van der Waals surface area contributed by atoms with E-state index in [1.165, 1.54) is 18.2 Å². The molecule has 7 nitrogen and oxygen atoms in total. The second kappa shape index (κ2) is 9.38. The number of furan rings is 1. The number of para-hydroxylation sites is 2. The smallest absolute Gasteiger partial charge is 0.233 e. The van der Waals surface area contributed by atoms with Gasteiger partial charge in [0.25, 0.3) is 0 Å². The second-order valence-electron chi connectivity index (χ2n) is 7.22. The Balaban J connectivity index is 1.63. The molecule has 1 atom stereocenters. The van der Waals surface area contributed by atoms with Crippen LogP contribution in [0.3, 0.4) is 0 Å². The summed E-state index contributed by atoms with van der Waals surface area (Å²) < 4.78 is 13.0. The van der Waals surface area contributed by atoms with Crippen LogP contribution in [0.2, 0.25) is 0 Å². The molecule has 1 unspecified atom stereocenters. The van der Waals surface area contributed by atoms with Gasteiger partial charge in [-0.15, -0.1) is 10.2 Å². The summed E-state index contributed by atoms with van der Waals surface area (Å²) in [6.45, 7) is 2.99. The van der Waals surface area contributed by atoms with Gasteiger partial charge in [-0.25, -0.2) is 0 Å². The lowest BCUT2D eigenvalue weighted by Crippen LogP contribution is -2.44. The van der Waals surface area contributed by atoms with Crippen LogP contribution in [0, 0.1) is 0 Å². The Morgan fingerprint density at radius 3 is 2.87 bits per heavy atom. The van der Waals surface area contributed by atoms with Crippen LogP contribution in [-0.2, 0) is 4.79 Å². The number of methoxy groups -OCH3 is 1. The minimum absolute atomic E-state index is 0.153. The van der Waals surface area contributed by atoms with Crippen molar-refractivity contribution in [1.29, 1.82) is 0 Å². The first-order valence-electron chi connectivity index (χ1n) is 10.3. The highest BCUT2D eigenvalue weighted by Crippen LogP contribution is 2.33. The number of carbonyl (C=O) groups excluding carboxylic acids is 1. The number of carbonyl (C=O) groups is 1. The molecule has 0 radical (unpaired) electrons. The van der Waals surface area contributed by atoms with Crippen LogP contribution in [0.1, 0.15) is 32.6 Å². The van der Waals surface area contributed by atoms with Crippen LogP contribution in [0.5, 0.6) is 5.75 Å². The van der Waals surface area contributed by atoms with Crippen LogP contribution >= 0.6 is 11.8 Å². The summed E-state index contributed by atoms with van der Waals surface area (Å²) in [5.41, 5.74) is 0.802. The molecule has 30 heavy (non-hydrogen) atoms. The molecule has 158 valence electrons. The van der Waals surface area contributed by atoms with Crippen molar-refractivity contribution in [3.05, 3.63) is 42.7 Å². The Hall–Kier alpha value is -2.74. The van der Waals surface area contributed by atoms with E-state index < -0.39 is 0 Å². The number of benzene rings is 1. The number of thioether (sulfide) groups is 1. The molecule has 1 amide bonds. The van der Waals surface area contributed by atoms with Gasteiger partial charge < -0.3 is 14.1 Å². The number of likely N-dealkylation sites (tertiary alicyclic amines) is 1. The lowest BCUT2D eigenvalue weighted by atomic mass is 10.0. The van der Waals surface area contributed by atoms with Crippen molar-refractivity contribution in [3.63, 3.8) is 0 Å². The quantitative estimate of drug-likeness (QED) is 0.521. The Morgan fingerprint density at radius 2 is 2.10 bits per heavy atom. The van der Waals surface area contributed by atoms with Crippen LogP contribution in [0.4, 0.5) is 0 Å². The standard InChI is InChI=1S/C22H26N4O3S/c1-3-16-9-6-7-13-25(16)20(27)15-30-22-24-23-21(19-12-8-14-29-19)26(22)17-10-4-5-11-18(17)28-2/h4-5,8,10-12,14,16H,3,6-7,9,13,15H2,1-2H3. The third-order valence-corrected chi connectivity index (χ3v) is 6.36. The number of rotatable bonds is 7. The summed E-state index contributed by atoms with van der Waals surface area (Å²) in [7, 11) is 1.63. The van der Waals surface area contributed by atoms with Gasteiger partial charge in [0.1, 0.15) is 5.75 Å². The third-order valence-electron chi connectivity index (χ3n) is 5.44. The predicted molar refractivity (Wildman–Crippen MR) is 116 cm³/mol. The zero-order chi connectivity index (χ0) is 20.9. The minimum Gasteiger partial charge on any atom is -0.495 e. The van der Waals surface area contributed by atoms with Crippen LogP contribution < -0.4 is 4.74 Å². The van der Waals surface area contributed by atoms with Crippen LogP contribution in [0.25, 0.3) is 17.3 Å². The Morgan fingerprint density at radius 1 is 1.23 bits per heavy atom. The molecular formula is C22H26N4O3S. The number of piperidine rings is 1. The summed E-state index contributed by atoms with van der Waals surface area (Å²) in [6, 6.07) is 11.7. The normalized spacial score (nSPS) is 16.6. The summed E-state index contributed by atoms with van der Waals surface area (Å²) in [5.74, 6) is 2.35. The number of nitrogens with zero attached hydrogens (tertiary/aromatic N) is 4. The monoisotopic (exact) mass is 426 g/mol. The van der Waals surface area contributed by atoms with Gasteiger partial charge in [-0.1, -0.05) is 30.8 Å². The molecule has 0 saturated carbocycles. The number of hydrogen-bond donors (Lipinski definition) is 0. The van der Waals surface area contributed by atoms with Gasteiger partial charge in [0.2, 0.25) is 11.7 Å². The largest absolute Gasteiger partial charge is 0.495 e. The molecule has 8 heteroatoms. The molecule has 1 saturated heterocycles. The van der Waals surface area contributed by atoms with Crippen molar-refractivity contribution in [2.75, 3.05) is 19.4 Å². The molecule has 1 aliphatic heterocycles. The molecule has 1 aromatic carbocycles. The number of ether oxygens (including phenoxy) is 1. The Kier molecular flexibility index (Phi) is 6.42. The van der Waals surface area contributed by atoms with E-state index >= 15 is 0 Å². The zero-order valence-corrected chi connectivity index (χ0v) is 18.1. The van der Waals surface area contributed by atoms with E-state index in [-0.39, 0.29) is 5.91 Å². The first kappa shape index (κ1) is 20.5. The second-order valence-corrected chi connectivity index (χ2v) is 8.17. The SMILES string of the molecule is CCC1CCCCN1C(=O)CSc1nnc(-c2ccco2)n1-c1ccccc1OC. The molecule has 3 heterocycles. The topological polar surface area (TPSA) is 73.4 Å². The third kappa shape index (κ3) is 4.09. The summed E-state index contributed by atoms with van der Waals surface area (Å²) >= 11 is 1.39. The highest BCUT2D eigenvalue weighted by Gasteiger charge is 2.27. The van der Waals surface area contributed by atoms with Gasteiger partial charge in [0, 0.05) is 12.6 Å². The van der Waals surface area contributed by atoms with Crippen LogP contribution in [-0.4, -0.2) is 51.0 Å². The van der Waals surface area contributed by atoms with Crippen molar-refractivity contribution in [3.8, 4) is 23.0 Å². The molecule has 1 fully saturated rings. The van der Waals surface area contributed by atoms with E-state index in [1.807, 2.05) is 45.9 Å². The lowest BCUT2D eigenvalue weighted by molar-refractivity contribution is -0.132. The molecule has 3 aromatic rings. The first-order chi connectivity index (χ1) is 14.7. The van der Waals surface area contributed by atoms with Gasteiger partial charge in [-0.3, -0.25) is 9.36 Å². The van der Waals surface area contributed by atoms with Gasteiger partial charge in [-0.05, 0) is 49.9 Å². The highest BCUT2D eigenvalue weighted by molar-refractivity contribution is 7.99. The molecule has 0 N–H and O–H groups in total. The average molecular weight is 427 g/mol. The highest BCUT2D eigenvalue weighted by atomic mass is 32.2. The summed E-state index contributed by atoms with van der Waals surface area (Å²) in [4.78, 5) is 15.0. The van der Waals surface area contributed by atoms with Crippen molar-refractivity contribution >= 4 is 17.7 Å². The number of aromatic nitrogens is 3. The van der Waals surface area contributed by atoms with Crippen molar-refractivity contribution in [2.45, 2.75) is 43.8 Å². The summed E-state index contributed by atoms with van der Waals surface area (Å²) in [6.07, 6.45) is 5.97. The maximum atomic E-state index is 13.0. The van der Waals surface area contributed by atoms with Crippen molar-refractivity contribution < 1.29 is 13.9 Å². The maximum Gasteiger partial charge on any atom is 0.233 e. The van der Waals surface area contributed by atoms with E-state index in [0.29, 0.717) is 34.3 Å². The zero-order valence-electron chi connectivity index (χ0n) is 17.3. The van der Waals surface area contributed by atoms with E-state index in [0.717, 1.165) is 31.5 Å². The molecular weight excluding hydrogens is 400 g/mol. The summed E-state index contributed by atoms with van der Waals surface area (Å²) in [5, 5.41) is 9.35. The Labute approximate surface area is 180 Å². The van der Waals surface area contributed by atoms with E-state index in [4.69, 9.17) is 9.15 Å². The number of amides is 1. The van der Waals surface area contributed by atoms with E-state index in [9.17, 15) is 4.79 Å². The molecule has 0 bridgehead atoms. The van der Waals surface area contributed by atoms with Crippen LogP contribution in [0.15, 0.2) is 52.2 Å². The first-order valence-corrected chi connectivity index (χ1v) is 11.3. The lowest BCUT2D eigenvalue weighted by Gasteiger charge is -2.35. The van der Waals surface area contributed by atoms with Crippen molar-refractivity contribution in [1.82, 2.24) is 19.7 Å². The minimum atomic E-state index is 0.153. The molecule has 1 aliphatic rings. The van der Waals surface area contributed by atoms with Crippen molar-refractivity contribution in [2.24, 2.45) is 0 Å². The van der Waals surface area contributed by atoms with E-state index in [2.05, 4.69) is 17.1 Å². The van der Waals surface area contributed by atoms with Gasteiger partial charge in [-0.2, -0.15) is 0 Å². The van der Waals surface area contributed by atoms with Gasteiger partial charge >= 0.3 is 0 Å². The molecule has 2 aromatic heterocycles. The fourth-order valence-electron chi connectivity index (χ4n) is 3.92. The molecule has 0 aliphatic carbocycles. The fourth-order valence-corrected chi connectivity index (χ4v) is 4.75. The molecule has 4 rings (SSSR count). The Bertz CT molecular complexity index is 986.